The Balaban J connectivity index is 2.34. The van der Waals surface area contributed by atoms with Crippen molar-refractivity contribution in [1.29, 1.82) is 0 Å². The van der Waals surface area contributed by atoms with Crippen LogP contribution in [-0.2, 0) is 23.1 Å². The number of benzene rings is 2. The van der Waals surface area contributed by atoms with Gasteiger partial charge < -0.3 is 14.6 Å². The quantitative estimate of drug-likeness (QED) is 0.321. The lowest BCUT2D eigenvalue weighted by Gasteiger charge is -2.23. The van der Waals surface area contributed by atoms with Crippen molar-refractivity contribution in [2.24, 2.45) is 5.41 Å². The van der Waals surface area contributed by atoms with Gasteiger partial charge in [0.1, 0.15) is 5.75 Å². The van der Waals surface area contributed by atoms with Crippen molar-refractivity contribution in [1.82, 2.24) is 10.3 Å². The minimum Gasteiger partial charge on any atom is -0.465 e. The Morgan fingerprint density at radius 3 is 2.26 bits per heavy atom. The van der Waals surface area contributed by atoms with Crippen LogP contribution in [0.3, 0.4) is 0 Å². The van der Waals surface area contributed by atoms with Crippen molar-refractivity contribution in [3.05, 3.63) is 59.3 Å². The number of carboxylic acid groups (broad SMARTS) is 1. The summed E-state index contributed by atoms with van der Waals surface area (Å²) in [6, 6.07) is 10.9. The number of aryl methyl sites for hydroxylation is 1. The summed E-state index contributed by atoms with van der Waals surface area (Å²) in [6.45, 7) is 7.77. The molecule has 0 atom stereocenters. The van der Waals surface area contributed by atoms with Crippen LogP contribution in [-0.4, -0.2) is 30.1 Å². The van der Waals surface area contributed by atoms with Crippen LogP contribution < -0.4 is 9.50 Å². The van der Waals surface area contributed by atoms with E-state index in [0.29, 0.717) is 39.7 Å². The van der Waals surface area contributed by atoms with Gasteiger partial charge in [-0.1, -0.05) is 50.6 Å². The molecule has 0 saturated heterocycles. The number of nitrogens with one attached hydrogen (secondary N) is 1. The number of halogens is 3. The first-order chi connectivity index (χ1) is 16.1. The van der Waals surface area contributed by atoms with Crippen LogP contribution in [0.5, 0.6) is 5.75 Å². The molecule has 188 valence electrons. The Bertz CT molecular complexity index is 1360. The second-order valence-electron chi connectivity index (χ2n) is 9.34. The maximum absolute atomic E-state index is 12.9. The minimum absolute atomic E-state index is 0.112. The van der Waals surface area contributed by atoms with E-state index in [1.165, 1.54) is 12.1 Å². The zero-order valence-corrected chi connectivity index (χ0v) is 20.3. The molecule has 0 bridgehead atoms. The van der Waals surface area contributed by atoms with E-state index < -0.39 is 27.5 Å². The summed E-state index contributed by atoms with van der Waals surface area (Å²) in [5, 5.41) is 11.9. The maximum Gasteiger partial charge on any atom is 0.534 e. The summed E-state index contributed by atoms with van der Waals surface area (Å²) in [6.07, 6.45) is -0.769. The molecule has 0 radical (unpaired) electrons. The van der Waals surface area contributed by atoms with Crippen molar-refractivity contribution in [2.45, 2.75) is 46.2 Å². The fourth-order valence-electron chi connectivity index (χ4n) is 3.61. The Hall–Kier alpha value is -3.34. The summed E-state index contributed by atoms with van der Waals surface area (Å²) in [5.74, 6) is -0.536. The Kier molecular flexibility index (Phi) is 7.03. The lowest BCUT2D eigenvalue weighted by atomic mass is 9.85. The van der Waals surface area contributed by atoms with Gasteiger partial charge in [-0.15, -0.1) is 0 Å². The third-order valence-corrected chi connectivity index (χ3v) is 6.07. The van der Waals surface area contributed by atoms with E-state index in [9.17, 15) is 31.5 Å². The molecule has 2 aromatic carbocycles. The highest BCUT2D eigenvalue weighted by atomic mass is 32.2. The molecule has 1 aromatic heterocycles. The molecule has 0 saturated carbocycles. The van der Waals surface area contributed by atoms with Gasteiger partial charge in [0.05, 0.1) is 5.52 Å². The normalized spacial score (nSPS) is 12.5. The molecule has 11 heteroatoms. The standard InChI is InChI=1S/C24H25F3N2O5S/c1-14-5-7-15(8-6-14)21-17-11-16(34-35(32,33)24(25,26)27)9-10-19(17)29-20(12-23(2,3)4)18(21)13-28-22(30)31/h5-11,28H,12-13H2,1-4H3,(H,30,31). The van der Waals surface area contributed by atoms with Crippen molar-refractivity contribution in [2.75, 3.05) is 0 Å². The van der Waals surface area contributed by atoms with Gasteiger partial charge in [-0.3, -0.25) is 4.98 Å². The lowest BCUT2D eigenvalue weighted by Crippen LogP contribution is -2.28. The van der Waals surface area contributed by atoms with Crippen molar-refractivity contribution in [3.63, 3.8) is 0 Å². The average Bonchev–Trinajstić information content (AvgIpc) is 2.70. The molecule has 0 fully saturated rings. The summed E-state index contributed by atoms with van der Waals surface area (Å²) in [5.41, 5.74) is -2.10. The van der Waals surface area contributed by atoms with Crippen LogP contribution in [0.2, 0.25) is 0 Å². The third-order valence-electron chi connectivity index (χ3n) is 5.09. The van der Waals surface area contributed by atoms with E-state index in [1.807, 2.05) is 39.8 Å². The van der Waals surface area contributed by atoms with E-state index in [0.717, 1.165) is 11.6 Å². The summed E-state index contributed by atoms with van der Waals surface area (Å²) < 4.78 is 66.1. The van der Waals surface area contributed by atoms with Gasteiger partial charge in [0.15, 0.2) is 0 Å². The largest absolute Gasteiger partial charge is 0.534 e. The first-order valence-electron chi connectivity index (χ1n) is 10.6. The molecule has 2 N–H and O–H groups in total. The number of hydrogen-bond acceptors (Lipinski definition) is 5. The molecule has 1 amide bonds. The van der Waals surface area contributed by atoms with E-state index in [4.69, 9.17) is 0 Å². The number of rotatable bonds is 6. The van der Waals surface area contributed by atoms with Gasteiger partial charge in [-0.05, 0) is 48.1 Å². The van der Waals surface area contributed by atoms with E-state index >= 15 is 0 Å². The van der Waals surface area contributed by atoms with Crippen molar-refractivity contribution >= 4 is 27.1 Å². The number of hydrogen-bond donors (Lipinski definition) is 2. The van der Waals surface area contributed by atoms with Gasteiger partial charge in [0.25, 0.3) is 0 Å². The summed E-state index contributed by atoms with van der Waals surface area (Å²) in [7, 11) is -5.88. The molecule has 35 heavy (non-hydrogen) atoms. The molecule has 3 aromatic rings. The van der Waals surface area contributed by atoms with Gasteiger partial charge >= 0.3 is 21.7 Å². The van der Waals surface area contributed by atoms with Gasteiger partial charge in [0.2, 0.25) is 0 Å². The summed E-state index contributed by atoms with van der Waals surface area (Å²) >= 11 is 0. The first kappa shape index (κ1) is 26.3. The molecule has 0 aliphatic carbocycles. The highest BCUT2D eigenvalue weighted by Crippen LogP contribution is 2.38. The van der Waals surface area contributed by atoms with Crippen LogP contribution in [0.25, 0.3) is 22.0 Å². The molecule has 0 aliphatic heterocycles. The highest BCUT2D eigenvalue weighted by molar-refractivity contribution is 7.88. The summed E-state index contributed by atoms with van der Waals surface area (Å²) in [4.78, 5) is 16.0. The molecule has 1 heterocycles. The number of fused-ring (bicyclic) bond motifs is 1. The lowest BCUT2D eigenvalue weighted by molar-refractivity contribution is -0.0500. The fourth-order valence-corrected chi connectivity index (χ4v) is 4.06. The van der Waals surface area contributed by atoms with E-state index in [2.05, 4.69) is 14.5 Å². The number of amides is 1. The first-order valence-corrected chi connectivity index (χ1v) is 12.0. The van der Waals surface area contributed by atoms with Crippen LogP contribution >= 0.6 is 0 Å². The van der Waals surface area contributed by atoms with Crippen LogP contribution in [0.15, 0.2) is 42.5 Å². The average molecular weight is 511 g/mol. The highest BCUT2D eigenvalue weighted by Gasteiger charge is 2.48. The Morgan fingerprint density at radius 1 is 1.09 bits per heavy atom. The smallest absolute Gasteiger partial charge is 0.465 e. The zero-order valence-electron chi connectivity index (χ0n) is 19.5. The van der Waals surface area contributed by atoms with Crippen LogP contribution in [0, 0.1) is 12.3 Å². The topological polar surface area (TPSA) is 106 Å². The third kappa shape index (κ3) is 6.21. The maximum atomic E-state index is 12.9. The SMILES string of the molecule is Cc1ccc(-c2c(CNC(=O)O)c(CC(C)(C)C)nc3ccc(OS(=O)(=O)C(F)(F)F)cc23)cc1. The van der Waals surface area contributed by atoms with Crippen molar-refractivity contribution < 1.29 is 35.7 Å². The molecule has 7 nitrogen and oxygen atoms in total. The number of nitrogens with zero attached hydrogens (tertiary/aromatic N) is 1. The van der Waals surface area contributed by atoms with E-state index in [1.54, 1.807) is 12.1 Å². The fraction of sp³-hybridized carbons (Fsp3) is 0.333. The molecule has 3 rings (SSSR count). The zero-order chi connectivity index (χ0) is 26.2. The number of pyridine rings is 1. The van der Waals surface area contributed by atoms with Crippen molar-refractivity contribution in [3.8, 4) is 16.9 Å². The molecule has 0 aliphatic rings. The second-order valence-corrected chi connectivity index (χ2v) is 10.9. The molecular formula is C24H25F3N2O5S. The molecule has 0 spiro atoms. The predicted octanol–water partition coefficient (Wildman–Crippen LogP) is 5.79. The minimum atomic E-state index is -5.88. The number of carbonyl (C=O) groups is 1. The van der Waals surface area contributed by atoms with E-state index in [-0.39, 0.29) is 12.0 Å². The van der Waals surface area contributed by atoms with Crippen LogP contribution in [0.4, 0.5) is 18.0 Å². The number of alkyl halides is 3. The van der Waals surface area contributed by atoms with Crippen LogP contribution in [0.1, 0.15) is 37.6 Å². The predicted molar refractivity (Wildman–Crippen MR) is 126 cm³/mol. The molecular weight excluding hydrogens is 485 g/mol. The Morgan fingerprint density at radius 2 is 1.71 bits per heavy atom. The molecule has 0 unspecified atom stereocenters. The van der Waals surface area contributed by atoms with Gasteiger partial charge in [0, 0.05) is 23.2 Å². The van der Waals surface area contributed by atoms with Gasteiger partial charge in [-0.25, -0.2) is 4.79 Å². The second kappa shape index (κ2) is 9.37. The monoisotopic (exact) mass is 510 g/mol. The number of aromatic nitrogens is 1. The Labute approximate surface area is 201 Å². The van der Waals surface area contributed by atoms with Gasteiger partial charge in [-0.2, -0.15) is 21.6 Å².